The molecule has 3 rings (SSSR count). The van der Waals surface area contributed by atoms with Crippen LogP contribution in [0.1, 0.15) is 42.6 Å². The van der Waals surface area contributed by atoms with Crippen molar-refractivity contribution >= 4 is 17.7 Å². The maximum absolute atomic E-state index is 13.3. The number of benzene rings is 1. The van der Waals surface area contributed by atoms with E-state index < -0.39 is 23.6 Å². The lowest BCUT2D eigenvalue weighted by Gasteiger charge is -2.25. The van der Waals surface area contributed by atoms with Crippen molar-refractivity contribution in [3.05, 3.63) is 35.4 Å². The van der Waals surface area contributed by atoms with Crippen molar-refractivity contribution in [1.82, 2.24) is 14.7 Å². The predicted octanol–water partition coefficient (Wildman–Crippen LogP) is 2.64. The van der Waals surface area contributed by atoms with Crippen LogP contribution >= 0.6 is 0 Å². The Balaban J connectivity index is 1.67. The van der Waals surface area contributed by atoms with E-state index in [0.717, 1.165) is 6.07 Å². The van der Waals surface area contributed by atoms with Gasteiger partial charge in [-0.05, 0) is 32.4 Å². The highest BCUT2D eigenvalue weighted by molar-refractivity contribution is 5.96. The third-order valence-electron chi connectivity index (χ3n) is 5.69. The molecule has 6 nitrogen and oxygen atoms in total. The SMILES string of the molecule is CC(C)N1CC(C(=O)N2CCCN(C(=O)c3ccccc3C(F)(F)F)CC2)CC1=O. The summed E-state index contributed by atoms with van der Waals surface area (Å²) in [5, 5.41) is 0. The molecule has 1 aromatic rings. The Kier molecular flexibility index (Phi) is 6.38. The van der Waals surface area contributed by atoms with Gasteiger partial charge in [-0.3, -0.25) is 14.4 Å². The summed E-state index contributed by atoms with van der Waals surface area (Å²) in [6.45, 7) is 5.27. The second kappa shape index (κ2) is 8.65. The van der Waals surface area contributed by atoms with Gasteiger partial charge in [-0.1, -0.05) is 12.1 Å². The molecule has 9 heteroatoms. The van der Waals surface area contributed by atoms with Crippen LogP contribution in [0.2, 0.25) is 0 Å². The van der Waals surface area contributed by atoms with Gasteiger partial charge in [0.05, 0.1) is 17.0 Å². The fourth-order valence-corrected chi connectivity index (χ4v) is 4.08. The molecule has 3 amide bonds. The summed E-state index contributed by atoms with van der Waals surface area (Å²) < 4.78 is 39.8. The van der Waals surface area contributed by atoms with Crippen molar-refractivity contribution in [2.75, 3.05) is 32.7 Å². The fourth-order valence-electron chi connectivity index (χ4n) is 4.08. The smallest absolute Gasteiger partial charge is 0.341 e. The minimum Gasteiger partial charge on any atom is -0.341 e. The Morgan fingerprint density at radius 3 is 2.30 bits per heavy atom. The van der Waals surface area contributed by atoms with E-state index in [1.54, 1.807) is 9.80 Å². The Hall–Kier alpha value is -2.58. The number of likely N-dealkylation sites (tertiary alicyclic amines) is 1. The average molecular weight is 425 g/mol. The summed E-state index contributed by atoms with van der Waals surface area (Å²) in [6.07, 6.45) is -3.97. The summed E-state index contributed by atoms with van der Waals surface area (Å²) >= 11 is 0. The summed E-state index contributed by atoms with van der Waals surface area (Å²) in [5.74, 6) is -1.26. The number of nitrogens with zero attached hydrogens (tertiary/aromatic N) is 3. The van der Waals surface area contributed by atoms with Gasteiger partial charge in [0, 0.05) is 45.2 Å². The maximum Gasteiger partial charge on any atom is 0.417 e. The van der Waals surface area contributed by atoms with Crippen LogP contribution in [0.4, 0.5) is 13.2 Å². The first kappa shape index (κ1) is 22.1. The average Bonchev–Trinajstić information content (AvgIpc) is 2.93. The number of hydrogen-bond acceptors (Lipinski definition) is 3. The van der Waals surface area contributed by atoms with Crippen LogP contribution in [0, 0.1) is 5.92 Å². The fraction of sp³-hybridized carbons (Fsp3) is 0.571. The second-order valence-corrected chi connectivity index (χ2v) is 8.06. The molecule has 2 aliphatic heterocycles. The summed E-state index contributed by atoms with van der Waals surface area (Å²) in [4.78, 5) is 42.5. The standard InChI is InChI=1S/C21H26F3N3O3/c1-14(2)27-13-15(12-18(27)28)19(29)25-8-5-9-26(11-10-25)20(30)16-6-3-4-7-17(16)21(22,23)24/h3-4,6-7,14-15H,5,8-13H2,1-2H3. The van der Waals surface area contributed by atoms with Gasteiger partial charge in [0.1, 0.15) is 0 Å². The van der Waals surface area contributed by atoms with E-state index in [-0.39, 0.29) is 49.5 Å². The van der Waals surface area contributed by atoms with E-state index in [1.807, 2.05) is 13.8 Å². The van der Waals surface area contributed by atoms with Gasteiger partial charge >= 0.3 is 6.18 Å². The molecule has 2 aliphatic rings. The minimum atomic E-state index is -4.61. The lowest BCUT2D eigenvalue weighted by Crippen LogP contribution is -2.41. The lowest BCUT2D eigenvalue weighted by atomic mass is 10.1. The Bertz CT molecular complexity index is 825. The molecule has 0 N–H and O–H groups in total. The third kappa shape index (κ3) is 4.60. The van der Waals surface area contributed by atoms with Gasteiger partial charge in [-0.2, -0.15) is 13.2 Å². The molecule has 2 fully saturated rings. The van der Waals surface area contributed by atoms with Crippen molar-refractivity contribution in [3.8, 4) is 0 Å². The van der Waals surface area contributed by atoms with E-state index in [0.29, 0.717) is 19.5 Å². The van der Waals surface area contributed by atoms with E-state index in [4.69, 9.17) is 0 Å². The highest BCUT2D eigenvalue weighted by atomic mass is 19.4. The highest BCUT2D eigenvalue weighted by Crippen LogP contribution is 2.32. The van der Waals surface area contributed by atoms with E-state index in [2.05, 4.69) is 0 Å². The molecule has 0 radical (unpaired) electrons. The third-order valence-corrected chi connectivity index (χ3v) is 5.69. The molecule has 2 saturated heterocycles. The quantitative estimate of drug-likeness (QED) is 0.748. The van der Waals surface area contributed by atoms with E-state index in [1.165, 1.54) is 23.1 Å². The van der Waals surface area contributed by atoms with Crippen LogP contribution in [0.15, 0.2) is 24.3 Å². The van der Waals surface area contributed by atoms with Crippen LogP contribution < -0.4 is 0 Å². The summed E-state index contributed by atoms with van der Waals surface area (Å²) in [7, 11) is 0. The molecule has 0 spiro atoms. The molecule has 1 atom stereocenters. The van der Waals surface area contributed by atoms with Crippen LogP contribution in [-0.4, -0.2) is 71.2 Å². The van der Waals surface area contributed by atoms with Crippen LogP contribution in [0.25, 0.3) is 0 Å². The van der Waals surface area contributed by atoms with Crippen molar-refractivity contribution in [3.63, 3.8) is 0 Å². The van der Waals surface area contributed by atoms with Gasteiger partial charge in [0.2, 0.25) is 11.8 Å². The largest absolute Gasteiger partial charge is 0.417 e. The van der Waals surface area contributed by atoms with E-state index in [9.17, 15) is 27.6 Å². The number of hydrogen-bond donors (Lipinski definition) is 0. The van der Waals surface area contributed by atoms with Gasteiger partial charge in [-0.25, -0.2) is 0 Å². The number of amides is 3. The first-order valence-corrected chi connectivity index (χ1v) is 10.1. The maximum atomic E-state index is 13.3. The second-order valence-electron chi connectivity index (χ2n) is 8.06. The van der Waals surface area contributed by atoms with Gasteiger partial charge < -0.3 is 14.7 Å². The first-order chi connectivity index (χ1) is 14.1. The predicted molar refractivity (Wildman–Crippen MR) is 104 cm³/mol. The van der Waals surface area contributed by atoms with Gasteiger partial charge in [0.25, 0.3) is 5.91 Å². The number of carbonyl (C=O) groups excluding carboxylic acids is 3. The van der Waals surface area contributed by atoms with Crippen molar-refractivity contribution in [1.29, 1.82) is 0 Å². The summed E-state index contributed by atoms with van der Waals surface area (Å²) in [5.41, 5.74) is -1.33. The molecule has 30 heavy (non-hydrogen) atoms. The first-order valence-electron chi connectivity index (χ1n) is 10.1. The van der Waals surface area contributed by atoms with E-state index >= 15 is 0 Å². The molecule has 0 bridgehead atoms. The van der Waals surface area contributed by atoms with Crippen LogP contribution in [0.3, 0.4) is 0 Å². The van der Waals surface area contributed by atoms with Gasteiger partial charge in [-0.15, -0.1) is 0 Å². The minimum absolute atomic E-state index is 0.0289. The summed E-state index contributed by atoms with van der Waals surface area (Å²) in [6, 6.07) is 4.78. The normalized spacial score (nSPS) is 20.7. The Morgan fingerprint density at radius 1 is 1.03 bits per heavy atom. The monoisotopic (exact) mass is 425 g/mol. The number of halogens is 3. The highest BCUT2D eigenvalue weighted by Gasteiger charge is 2.39. The molecule has 1 unspecified atom stereocenters. The lowest BCUT2D eigenvalue weighted by molar-refractivity contribution is -0.138. The zero-order chi connectivity index (χ0) is 22.1. The molecular formula is C21H26F3N3O3. The molecule has 2 heterocycles. The molecule has 1 aromatic carbocycles. The van der Waals surface area contributed by atoms with Crippen LogP contribution in [0.5, 0.6) is 0 Å². The zero-order valence-electron chi connectivity index (χ0n) is 17.1. The molecule has 0 saturated carbocycles. The van der Waals surface area contributed by atoms with Crippen LogP contribution in [-0.2, 0) is 15.8 Å². The topological polar surface area (TPSA) is 60.9 Å². The number of carbonyl (C=O) groups is 3. The van der Waals surface area contributed by atoms with Crippen molar-refractivity contribution in [2.45, 2.75) is 38.9 Å². The Morgan fingerprint density at radius 2 is 1.67 bits per heavy atom. The molecule has 0 aliphatic carbocycles. The number of rotatable bonds is 3. The molecular weight excluding hydrogens is 399 g/mol. The zero-order valence-corrected chi connectivity index (χ0v) is 17.1. The Labute approximate surface area is 173 Å². The van der Waals surface area contributed by atoms with Gasteiger partial charge in [0.15, 0.2) is 0 Å². The molecule has 164 valence electrons. The van der Waals surface area contributed by atoms with Crippen molar-refractivity contribution < 1.29 is 27.6 Å². The number of alkyl halides is 3. The van der Waals surface area contributed by atoms with Crippen molar-refractivity contribution in [2.24, 2.45) is 5.92 Å². The molecule has 0 aromatic heterocycles.